The Morgan fingerprint density at radius 3 is 3.00 bits per heavy atom. The Morgan fingerprint density at radius 2 is 2.26 bits per heavy atom. The molecule has 6 nitrogen and oxygen atoms in total. The van der Waals surface area contributed by atoms with Crippen molar-refractivity contribution in [3.05, 3.63) is 40.7 Å². The zero-order valence-electron chi connectivity index (χ0n) is 10.6. The lowest BCUT2D eigenvalue weighted by molar-refractivity contribution is 0.0723. The molecule has 98 valence electrons. The number of nitrogens with two attached hydrogens (primary N) is 1. The van der Waals surface area contributed by atoms with Gasteiger partial charge in [0.1, 0.15) is 11.4 Å². The van der Waals surface area contributed by atoms with E-state index in [1.165, 1.54) is 0 Å². The zero-order valence-corrected chi connectivity index (χ0v) is 10.6. The van der Waals surface area contributed by atoms with Gasteiger partial charge in [-0.2, -0.15) is 0 Å². The lowest BCUT2D eigenvalue weighted by atomic mass is 9.98. The van der Waals surface area contributed by atoms with Gasteiger partial charge in [0, 0.05) is 17.8 Å². The smallest absolute Gasteiger partial charge is 0.254 e. The van der Waals surface area contributed by atoms with Crippen LogP contribution in [0.4, 0.5) is 5.69 Å². The molecule has 1 amide bonds. The molecule has 1 aromatic heterocycles. The molecule has 19 heavy (non-hydrogen) atoms. The number of nitrogens with zero attached hydrogens (tertiary/aromatic N) is 3. The fourth-order valence-electron chi connectivity index (χ4n) is 2.26. The van der Waals surface area contributed by atoms with E-state index in [0.717, 1.165) is 12.0 Å². The highest BCUT2D eigenvalue weighted by atomic mass is 16.6. The summed E-state index contributed by atoms with van der Waals surface area (Å²) in [6.45, 7) is 2.90. The molecule has 0 spiro atoms. The van der Waals surface area contributed by atoms with Gasteiger partial charge >= 0.3 is 0 Å². The van der Waals surface area contributed by atoms with Gasteiger partial charge in [0.2, 0.25) is 0 Å². The van der Waals surface area contributed by atoms with E-state index in [1.54, 1.807) is 11.0 Å². The Balaban J connectivity index is 1.87. The van der Waals surface area contributed by atoms with Gasteiger partial charge in [0.05, 0.1) is 6.54 Å². The van der Waals surface area contributed by atoms with Crippen molar-refractivity contribution in [2.45, 2.75) is 19.9 Å². The van der Waals surface area contributed by atoms with Crippen molar-refractivity contribution in [2.24, 2.45) is 0 Å². The molecule has 0 saturated carbocycles. The Bertz CT molecular complexity index is 635. The van der Waals surface area contributed by atoms with E-state index in [2.05, 4.69) is 14.9 Å². The van der Waals surface area contributed by atoms with Gasteiger partial charge < -0.3 is 10.6 Å². The van der Waals surface area contributed by atoms with Crippen molar-refractivity contribution >= 4 is 11.6 Å². The summed E-state index contributed by atoms with van der Waals surface area (Å²) in [7, 11) is 0. The summed E-state index contributed by atoms with van der Waals surface area (Å²) in [5.41, 5.74) is 9.48. The third kappa shape index (κ3) is 2.05. The number of anilines is 1. The summed E-state index contributed by atoms with van der Waals surface area (Å²) in [6.07, 6.45) is 0.825. The van der Waals surface area contributed by atoms with Crippen molar-refractivity contribution < 1.29 is 9.42 Å². The zero-order chi connectivity index (χ0) is 13.4. The summed E-state index contributed by atoms with van der Waals surface area (Å²) >= 11 is 0. The first-order chi connectivity index (χ1) is 9.15. The van der Waals surface area contributed by atoms with Crippen molar-refractivity contribution in [1.29, 1.82) is 0 Å². The van der Waals surface area contributed by atoms with Crippen molar-refractivity contribution in [2.75, 3.05) is 12.3 Å². The summed E-state index contributed by atoms with van der Waals surface area (Å²) in [6, 6.07) is 5.48. The summed E-state index contributed by atoms with van der Waals surface area (Å²) < 4.78 is 4.65. The minimum Gasteiger partial charge on any atom is -0.399 e. The average Bonchev–Trinajstić information content (AvgIpc) is 2.79. The van der Waals surface area contributed by atoms with Crippen molar-refractivity contribution in [3.63, 3.8) is 0 Å². The monoisotopic (exact) mass is 258 g/mol. The van der Waals surface area contributed by atoms with E-state index in [4.69, 9.17) is 5.73 Å². The van der Waals surface area contributed by atoms with Crippen LogP contribution in [0.25, 0.3) is 0 Å². The van der Waals surface area contributed by atoms with Gasteiger partial charge in [-0.15, -0.1) is 0 Å². The molecule has 0 aliphatic carbocycles. The molecular formula is C13H14N4O2. The normalized spacial score (nSPS) is 14.6. The molecule has 1 aliphatic heterocycles. The summed E-state index contributed by atoms with van der Waals surface area (Å²) in [5, 5.41) is 7.53. The molecule has 3 rings (SSSR count). The minimum atomic E-state index is -0.0176. The molecule has 1 aliphatic rings. The molecule has 0 radical (unpaired) electrons. The minimum absolute atomic E-state index is 0.0176. The largest absolute Gasteiger partial charge is 0.399 e. The number of carbonyl (C=O) groups excluding carboxylic acids is 1. The highest BCUT2D eigenvalue weighted by Crippen LogP contribution is 2.22. The second-order valence-corrected chi connectivity index (χ2v) is 4.69. The van der Waals surface area contributed by atoms with Crippen LogP contribution in [0.5, 0.6) is 0 Å². The number of rotatable bonds is 2. The molecule has 2 N–H and O–H groups in total. The molecule has 0 fully saturated rings. The Hall–Kier alpha value is -2.37. The lowest BCUT2D eigenvalue weighted by Gasteiger charge is -2.28. The number of nitrogen functional groups attached to an aromatic ring is 1. The summed E-state index contributed by atoms with van der Waals surface area (Å²) in [5.74, 6) is -0.0176. The highest BCUT2D eigenvalue weighted by molar-refractivity contribution is 5.97. The molecule has 2 heterocycles. The molecule has 0 bridgehead atoms. The maximum atomic E-state index is 12.4. The van der Waals surface area contributed by atoms with Gasteiger partial charge in [-0.05, 0) is 31.0 Å². The average molecular weight is 258 g/mol. The van der Waals surface area contributed by atoms with Crippen LogP contribution < -0.4 is 5.73 Å². The predicted octanol–water partition coefficient (Wildman–Crippen LogP) is 1.16. The van der Waals surface area contributed by atoms with E-state index in [9.17, 15) is 4.79 Å². The van der Waals surface area contributed by atoms with Gasteiger partial charge in [0.15, 0.2) is 0 Å². The quantitative estimate of drug-likeness (QED) is 0.817. The number of hydrogen-bond acceptors (Lipinski definition) is 5. The maximum absolute atomic E-state index is 12.4. The Labute approximate surface area is 110 Å². The number of amides is 1. The fraction of sp³-hybridized carbons (Fsp3) is 0.308. The van der Waals surface area contributed by atoms with Crippen LogP contribution in [0, 0.1) is 6.92 Å². The topological polar surface area (TPSA) is 85.2 Å². The van der Waals surface area contributed by atoms with E-state index in [1.807, 2.05) is 19.1 Å². The van der Waals surface area contributed by atoms with E-state index < -0.39 is 0 Å². The van der Waals surface area contributed by atoms with Gasteiger partial charge in [0.25, 0.3) is 5.91 Å². The van der Waals surface area contributed by atoms with E-state index in [-0.39, 0.29) is 5.91 Å². The summed E-state index contributed by atoms with van der Waals surface area (Å²) in [4.78, 5) is 14.1. The Morgan fingerprint density at radius 1 is 1.42 bits per heavy atom. The number of hydrogen-bond donors (Lipinski definition) is 1. The predicted molar refractivity (Wildman–Crippen MR) is 68.3 cm³/mol. The van der Waals surface area contributed by atoms with Crippen LogP contribution in [0.15, 0.2) is 22.8 Å². The van der Waals surface area contributed by atoms with E-state index in [0.29, 0.717) is 35.7 Å². The van der Waals surface area contributed by atoms with Crippen LogP contribution in [-0.2, 0) is 13.0 Å². The molecule has 2 aromatic rings. The maximum Gasteiger partial charge on any atom is 0.254 e. The first-order valence-electron chi connectivity index (χ1n) is 6.11. The van der Waals surface area contributed by atoms with E-state index >= 15 is 0 Å². The highest BCUT2D eigenvalue weighted by Gasteiger charge is 2.25. The van der Waals surface area contributed by atoms with Gasteiger partial charge in [-0.1, -0.05) is 16.4 Å². The van der Waals surface area contributed by atoms with Crippen molar-refractivity contribution in [1.82, 2.24) is 15.2 Å². The molecule has 0 unspecified atom stereocenters. The molecule has 0 saturated heterocycles. The standard InChI is InChI=1S/C13H14N4O2/c1-8-12(16-19-15-8)7-17-5-4-9-2-3-10(14)6-11(9)13(17)18/h2-3,6H,4-5,7,14H2,1H3. The molecule has 6 heteroatoms. The van der Waals surface area contributed by atoms with Crippen LogP contribution in [-0.4, -0.2) is 27.7 Å². The first kappa shape index (κ1) is 11.7. The Kier molecular flexibility index (Phi) is 2.70. The number of aryl methyl sites for hydroxylation is 1. The van der Waals surface area contributed by atoms with Gasteiger partial charge in [-0.3, -0.25) is 4.79 Å². The third-order valence-electron chi connectivity index (χ3n) is 3.39. The van der Waals surface area contributed by atoms with Crippen molar-refractivity contribution in [3.8, 4) is 0 Å². The number of aromatic nitrogens is 2. The second-order valence-electron chi connectivity index (χ2n) is 4.69. The molecule has 1 aromatic carbocycles. The molecular weight excluding hydrogens is 244 g/mol. The fourth-order valence-corrected chi connectivity index (χ4v) is 2.26. The third-order valence-corrected chi connectivity index (χ3v) is 3.39. The van der Waals surface area contributed by atoms with Gasteiger partial charge in [-0.25, -0.2) is 4.63 Å². The number of fused-ring (bicyclic) bond motifs is 1. The first-order valence-corrected chi connectivity index (χ1v) is 6.11. The number of carbonyl (C=O) groups is 1. The van der Waals surface area contributed by atoms with Crippen LogP contribution in [0.3, 0.4) is 0 Å². The van der Waals surface area contributed by atoms with Crippen LogP contribution >= 0.6 is 0 Å². The van der Waals surface area contributed by atoms with Crippen LogP contribution in [0.1, 0.15) is 27.3 Å². The number of benzene rings is 1. The van der Waals surface area contributed by atoms with Crippen LogP contribution in [0.2, 0.25) is 0 Å². The lowest BCUT2D eigenvalue weighted by Crippen LogP contribution is -2.37. The SMILES string of the molecule is Cc1nonc1CN1CCc2ccc(N)cc2C1=O. The molecule has 0 atom stereocenters. The second kappa shape index (κ2) is 4.38.